The summed E-state index contributed by atoms with van der Waals surface area (Å²) in [6, 6.07) is 6.98. The van der Waals surface area contributed by atoms with E-state index in [0.717, 1.165) is 6.54 Å². The zero-order chi connectivity index (χ0) is 16.7. The molecule has 1 heterocycles. The van der Waals surface area contributed by atoms with Gasteiger partial charge in [0.05, 0.1) is 0 Å². The summed E-state index contributed by atoms with van der Waals surface area (Å²) >= 11 is 5.82. The van der Waals surface area contributed by atoms with Crippen molar-refractivity contribution < 1.29 is 9.53 Å². The normalized spacial score (nSPS) is 10.8. The summed E-state index contributed by atoms with van der Waals surface area (Å²) in [5.74, 6) is 0.981. The quantitative estimate of drug-likeness (QED) is 0.758. The van der Waals surface area contributed by atoms with Crippen LogP contribution in [0, 0.1) is 0 Å². The van der Waals surface area contributed by atoms with E-state index in [-0.39, 0.29) is 19.1 Å². The van der Waals surface area contributed by atoms with Crippen LogP contribution in [-0.4, -0.2) is 58.2 Å². The number of benzene rings is 1. The summed E-state index contributed by atoms with van der Waals surface area (Å²) < 4.78 is 7.00. The minimum atomic E-state index is -0.146. The summed E-state index contributed by atoms with van der Waals surface area (Å²) in [5, 5.41) is 14.7. The minimum absolute atomic E-state index is 0.0553. The van der Waals surface area contributed by atoms with Gasteiger partial charge >= 0.3 is 0 Å². The van der Waals surface area contributed by atoms with Crippen LogP contribution in [0.25, 0.3) is 0 Å². The van der Waals surface area contributed by atoms with Crippen molar-refractivity contribution in [3.8, 4) is 5.75 Å². The highest BCUT2D eigenvalue weighted by atomic mass is 35.5. The molecule has 124 valence electrons. The molecule has 23 heavy (non-hydrogen) atoms. The molecule has 0 atom stereocenters. The smallest absolute Gasteiger partial charge is 0.241 e. The highest BCUT2D eigenvalue weighted by molar-refractivity contribution is 6.30. The largest absolute Gasteiger partial charge is 0.486 e. The zero-order valence-electron chi connectivity index (χ0n) is 13.1. The lowest BCUT2D eigenvalue weighted by atomic mass is 10.3. The summed E-state index contributed by atoms with van der Waals surface area (Å²) in [7, 11) is 3.89. The standard InChI is InChI=1S/C14H19ClN6O2/c1-20(2)8-7-16-14(22)9-21-13(17-18-19-21)10-23-12-5-3-11(15)4-6-12/h3-6H,7-10H2,1-2H3,(H,16,22). The van der Waals surface area contributed by atoms with Crippen LogP contribution < -0.4 is 10.1 Å². The van der Waals surface area contributed by atoms with Crippen LogP contribution in [0.15, 0.2) is 24.3 Å². The average molecular weight is 339 g/mol. The van der Waals surface area contributed by atoms with Crippen LogP contribution in [0.4, 0.5) is 0 Å². The van der Waals surface area contributed by atoms with E-state index in [0.29, 0.717) is 23.1 Å². The lowest BCUT2D eigenvalue weighted by Crippen LogP contribution is -2.34. The predicted molar refractivity (Wildman–Crippen MR) is 85.2 cm³/mol. The number of hydrogen-bond donors (Lipinski definition) is 1. The van der Waals surface area contributed by atoms with Crippen LogP contribution in [-0.2, 0) is 17.9 Å². The molecule has 8 nitrogen and oxygen atoms in total. The fraction of sp³-hybridized carbons (Fsp3) is 0.429. The topological polar surface area (TPSA) is 85.2 Å². The Labute approximate surface area is 139 Å². The van der Waals surface area contributed by atoms with Gasteiger partial charge in [0, 0.05) is 18.1 Å². The predicted octanol–water partition coefficient (Wildman–Crippen LogP) is 0.583. The highest BCUT2D eigenvalue weighted by Crippen LogP contribution is 2.16. The van der Waals surface area contributed by atoms with E-state index >= 15 is 0 Å². The second-order valence-corrected chi connectivity index (χ2v) is 5.59. The van der Waals surface area contributed by atoms with Crippen molar-refractivity contribution in [2.45, 2.75) is 13.2 Å². The van der Waals surface area contributed by atoms with Crippen molar-refractivity contribution in [2.75, 3.05) is 27.2 Å². The number of aromatic nitrogens is 4. The molecule has 0 aliphatic carbocycles. The highest BCUT2D eigenvalue weighted by Gasteiger charge is 2.11. The van der Waals surface area contributed by atoms with Gasteiger partial charge in [0.2, 0.25) is 5.91 Å². The number of ether oxygens (including phenoxy) is 1. The molecule has 0 aliphatic heterocycles. The number of rotatable bonds is 8. The number of nitrogens with one attached hydrogen (secondary N) is 1. The lowest BCUT2D eigenvalue weighted by molar-refractivity contribution is -0.121. The first-order chi connectivity index (χ1) is 11.0. The molecule has 1 aromatic carbocycles. The van der Waals surface area contributed by atoms with Crippen molar-refractivity contribution in [1.82, 2.24) is 30.4 Å². The Kier molecular flexibility index (Phi) is 6.30. The van der Waals surface area contributed by atoms with E-state index in [4.69, 9.17) is 16.3 Å². The van der Waals surface area contributed by atoms with E-state index in [1.54, 1.807) is 24.3 Å². The van der Waals surface area contributed by atoms with Gasteiger partial charge in [-0.3, -0.25) is 4.79 Å². The molecular formula is C14H19ClN6O2. The Hall–Kier alpha value is -2.19. The lowest BCUT2D eigenvalue weighted by Gasteiger charge is -2.11. The minimum Gasteiger partial charge on any atom is -0.486 e. The zero-order valence-corrected chi connectivity index (χ0v) is 13.8. The van der Waals surface area contributed by atoms with Crippen molar-refractivity contribution in [2.24, 2.45) is 0 Å². The molecule has 0 unspecified atom stereocenters. The van der Waals surface area contributed by atoms with Crippen LogP contribution >= 0.6 is 11.6 Å². The van der Waals surface area contributed by atoms with Gasteiger partial charge in [0.1, 0.15) is 18.9 Å². The first-order valence-corrected chi connectivity index (χ1v) is 7.47. The van der Waals surface area contributed by atoms with Crippen LogP contribution in [0.5, 0.6) is 5.75 Å². The maximum Gasteiger partial charge on any atom is 0.241 e. The molecule has 0 spiro atoms. The van der Waals surface area contributed by atoms with Gasteiger partial charge < -0.3 is 15.0 Å². The Balaban J connectivity index is 1.84. The number of tetrazole rings is 1. The fourth-order valence-corrected chi connectivity index (χ4v) is 1.86. The van der Waals surface area contributed by atoms with Gasteiger partial charge in [0.25, 0.3) is 0 Å². The van der Waals surface area contributed by atoms with E-state index < -0.39 is 0 Å². The Morgan fingerprint density at radius 3 is 2.78 bits per heavy atom. The van der Waals surface area contributed by atoms with Gasteiger partial charge in [-0.25, -0.2) is 4.68 Å². The number of amides is 1. The van der Waals surface area contributed by atoms with Crippen molar-refractivity contribution in [1.29, 1.82) is 0 Å². The number of nitrogens with zero attached hydrogens (tertiary/aromatic N) is 5. The van der Waals surface area contributed by atoms with Crippen LogP contribution in [0.3, 0.4) is 0 Å². The second-order valence-electron chi connectivity index (χ2n) is 5.15. The molecule has 9 heteroatoms. The third-order valence-electron chi connectivity index (χ3n) is 2.96. The Morgan fingerprint density at radius 1 is 1.35 bits per heavy atom. The van der Waals surface area contributed by atoms with Crippen molar-refractivity contribution >= 4 is 17.5 Å². The number of likely N-dealkylation sites (N-methyl/N-ethyl adjacent to an activating group) is 1. The summed E-state index contributed by atoms with van der Waals surface area (Å²) in [5.41, 5.74) is 0. The Morgan fingerprint density at radius 2 is 2.09 bits per heavy atom. The molecule has 0 saturated carbocycles. The monoisotopic (exact) mass is 338 g/mol. The molecule has 2 aromatic rings. The molecule has 1 aromatic heterocycles. The molecule has 0 bridgehead atoms. The number of carbonyl (C=O) groups is 1. The van der Waals surface area contributed by atoms with Gasteiger partial charge in [-0.2, -0.15) is 0 Å². The van der Waals surface area contributed by atoms with Gasteiger partial charge in [-0.05, 0) is 48.8 Å². The molecular weight excluding hydrogens is 320 g/mol. The van der Waals surface area contributed by atoms with E-state index in [2.05, 4.69) is 20.8 Å². The molecule has 1 amide bonds. The SMILES string of the molecule is CN(C)CCNC(=O)Cn1nnnc1COc1ccc(Cl)cc1. The molecule has 0 aliphatic rings. The van der Waals surface area contributed by atoms with E-state index in [9.17, 15) is 4.79 Å². The van der Waals surface area contributed by atoms with E-state index in [1.165, 1.54) is 4.68 Å². The van der Waals surface area contributed by atoms with Gasteiger partial charge in [-0.15, -0.1) is 5.10 Å². The third-order valence-corrected chi connectivity index (χ3v) is 3.21. The first kappa shape index (κ1) is 17.2. The second kappa shape index (κ2) is 8.44. The molecule has 0 fully saturated rings. The molecule has 1 N–H and O–H groups in total. The van der Waals surface area contributed by atoms with Crippen molar-refractivity contribution in [3.05, 3.63) is 35.1 Å². The maximum atomic E-state index is 11.9. The molecule has 0 saturated heterocycles. The summed E-state index contributed by atoms with van der Waals surface area (Å²) in [4.78, 5) is 13.8. The summed E-state index contributed by atoms with van der Waals surface area (Å²) in [6.07, 6.45) is 0. The number of halogens is 1. The fourth-order valence-electron chi connectivity index (χ4n) is 1.74. The summed E-state index contributed by atoms with van der Waals surface area (Å²) in [6.45, 7) is 1.57. The first-order valence-electron chi connectivity index (χ1n) is 7.09. The Bertz CT molecular complexity index is 628. The van der Waals surface area contributed by atoms with E-state index in [1.807, 2.05) is 19.0 Å². The average Bonchev–Trinajstić information content (AvgIpc) is 2.93. The van der Waals surface area contributed by atoms with Gasteiger partial charge in [0.15, 0.2) is 5.82 Å². The maximum absolute atomic E-state index is 11.9. The molecule has 2 rings (SSSR count). The number of hydrogen-bond acceptors (Lipinski definition) is 6. The van der Waals surface area contributed by atoms with Crippen LogP contribution in [0.1, 0.15) is 5.82 Å². The van der Waals surface area contributed by atoms with Crippen LogP contribution in [0.2, 0.25) is 5.02 Å². The van der Waals surface area contributed by atoms with Gasteiger partial charge in [-0.1, -0.05) is 11.6 Å². The number of carbonyl (C=O) groups excluding carboxylic acids is 1. The van der Waals surface area contributed by atoms with Crippen molar-refractivity contribution in [3.63, 3.8) is 0 Å². The third kappa shape index (κ3) is 5.84. The molecule has 0 radical (unpaired) electrons.